The number of aromatic nitrogens is 4. The zero-order valence-electron chi connectivity index (χ0n) is 16.2. The second-order valence-corrected chi connectivity index (χ2v) is 7.25. The molecule has 1 atom stereocenters. The summed E-state index contributed by atoms with van der Waals surface area (Å²) >= 11 is 0. The molecule has 0 fully saturated rings. The molecule has 1 aliphatic heterocycles. The van der Waals surface area contributed by atoms with Gasteiger partial charge in [0.1, 0.15) is 5.52 Å². The van der Waals surface area contributed by atoms with Gasteiger partial charge in [0.15, 0.2) is 17.1 Å². The topological polar surface area (TPSA) is 107 Å². The highest BCUT2D eigenvalue weighted by Crippen LogP contribution is 2.39. The normalized spacial score (nSPS) is 17.4. The minimum Gasteiger partial charge on any atom is -0.454 e. The molecule has 9 nitrogen and oxygen atoms in total. The predicted molar refractivity (Wildman–Crippen MR) is 105 cm³/mol. The van der Waals surface area contributed by atoms with Crippen LogP contribution in [0.4, 0.5) is 11.6 Å². The van der Waals surface area contributed by atoms with E-state index in [0.717, 1.165) is 22.4 Å². The zero-order chi connectivity index (χ0) is 20.3. The minimum absolute atomic E-state index is 0.157. The molecule has 0 saturated heterocycles. The second kappa shape index (κ2) is 6.10. The van der Waals surface area contributed by atoms with Crippen molar-refractivity contribution in [3.8, 4) is 17.6 Å². The number of nitrogens with zero attached hydrogens (tertiary/aromatic N) is 5. The van der Waals surface area contributed by atoms with E-state index in [9.17, 15) is 4.79 Å². The molecule has 0 bridgehead atoms. The van der Waals surface area contributed by atoms with Crippen molar-refractivity contribution in [2.24, 2.45) is 7.05 Å². The standard InChI is InChI=1S/C20H18N6O3/c1-10-4-16-17(29-9-28-16)6-13(10)23-19-22-8-15-18(24-19)26(20(27)25(15)3)14-5-12(7-21)11(14)2/h4,6,8,14H,5,9H2,1-3H3,(H,22,23,24). The third-order valence-corrected chi connectivity index (χ3v) is 5.62. The molecule has 1 unspecified atom stereocenters. The summed E-state index contributed by atoms with van der Waals surface area (Å²) in [5.74, 6) is 1.75. The Bertz CT molecular complexity index is 1310. The molecule has 1 aromatic carbocycles. The van der Waals surface area contributed by atoms with Gasteiger partial charge in [0.2, 0.25) is 12.7 Å². The van der Waals surface area contributed by atoms with E-state index in [2.05, 4.69) is 21.4 Å². The van der Waals surface area contributed by atoms with Gasteiger partial charge in [-0.1, -0.05) is 0 Å². The Morgan fingerprint density at radius 1 is 1.28 bits per heavy atom. The molecule has 3 heterocycles. The van der Waals surface area contributed by atoms with Gasteiger partial charge in [-0.05, 0) is 31.1 Å². The van der Waals surface area contributed by atoms with E-state index in [1.165, 1.54) is 4.57 Å². The first-order valence-electron chi connectivity index (χ1n) is 9.19. The van der Waals surface area contributed by atoms with E-state index in [0.29, 0.717) is 35.0 Å². The number of allylic oxidation sites excluding steroid dienone is 2. The Hall–Kier alpha value is -3.80. The van der Waals surface area contributed by atoms with E-state index in [-0.39, 0.29) is 18.5 Å². The van der Waals surface area contributed by atoms with Gasteiger partial charge in [-0.25, -0.2) is 9.78 Å². The van der Waals surface area contributed by atoms with Crippen LogP contribution in [0.5, 0.6) is 11.5 Å². The number of rotatable bonds is 3. The molecule has 146 valence electrons. The molecule has 9 heteroatoms. The van der Waals surface area contributed by atoms with Crippen LogP contribution >= 0.6 is 0 Å². The van der Waals surface area contributed by atoms with Crippen molar-refractivity contribution in [3.05, 3.63) is 45.5 Å². The van der Waals surface area contributed by atoms with Crippen molar-refractivity contribution in [2.75, 3.05) is 12.1 Å². The van der Waals surface area contributed by atoms with Crippen LogP contribution < -0.4 is 20.5 Å². The first-order valence-corrected chi connectivity index (χ1v) is 9.19. The predicted octanol–water partition coefficient (Wildman–Crippen LogP) is 2.70. The monoisotopic (exact) mass is 390 g/mol. The van der Waals surface area contributed by atoms with Crippen molar-refractivity contribution >= 4 is 22.8 Å². The Labute approximate surface area is 165 Å². The number of aryl methyl sites for hydroxylation is 2. The van der Waals surface area contributed by atoms with Crippen LogP contribution in [0.15, 0.2) is 34.3 Å². The number of hydrogen-bond acceptors (Lipinski definition) is 7. The van der Waals surface area contributed by atoms with Gasteiger partial charge in [0.05, 0.1) is 18.3 Å². The smallest absolute Gasteiger partial charge is 0.330 e. The lowest BCUT2D eigenvalue weighted by atomic mass is 9.85. The largest absolute Gasteiger partial charge is 0.454 e. The van der Waals surface area contributed by atoms with E-state index in [4.69, 9.17) is 14.7 Å². The molecule has 0 saturated carbocycles. The lowest BCUT2D eigenvalue weighted by Gasteiger charge is -2.28. The number of nitriles is 1. The SMILES string of the molecule is CC1=C(C#N)CC1n1c(=O)n(C)c2cnc(Nc3cc4c(cc3C)OCO4)nc21. The average molecular weight is 390 g/mol. The number of hydrogen-bond donors (Lipinski definition) is 1. The average Bonchev–Trinajstić information content (AvgIpc) is 3.25. The molecule has 3 aromatic rings. The number of nitrogens with one attached hydrogen (secondary N) is 1. The maximum Gasteiger partial charge on any atom is 0.330 e. The maximum atomic E-state index is 12.8. The Balaban J connectivity index is 1.58. The maximum absolute atomic E-state index is 12.8. The molecular formula is C20H18N6O3. The first kappa shape index (κ1) is 17.3. The minimum atomic E-state index is -0.174. The number of anilines is 2. The highest BCUT2D eigenvalue weighted by Gasteiger charge is 2.31. The summed E-state index contributed by atoms with van der Waals surface area (Å²) in [5.41, 5.74) is 4.39. The second-order valence-electron chi connectivity index (χ2n) is 7.25. The Kier molecular flexibility index (Phi) is 3.64. The quantitative estimate of drug-likeness (QED) is 0.733. The molecule has 2 aromatic heterocycles. The number of imidazole rings is 1. The molecule has 0 amide bonds. The fourth-order valence-electron chi connectivity index (χ4n) is 3.77. The summed E-state index contributed by atoms with van der Waals surface area (Å²) in [6.07, 6.45) is 2.17. The molecule has 2 aliphatic rings. The van der Waals surface area contributed by atoms with Gasteiger partial charge in [-0.3, -0.25) is 9.13 Å². The molecule has 29 heavy (non-hydrogen) atoms. The summed E-state index contributed by atoms with van der Waals surface area (Å²) in [4.78, 5) is 21.8. The van der Waals surface area contributed by atoms with Crippen molar-refractivity contribution in [1.82, 2.24) is 19.1 Å². The lowest BCUT2D eigenvalue weighted by Crippen LogP contribution is -2.31. The fourth-order valence-corrected chi connectivity index (χ4v) is 3.77. The van der Waals surface area contributed by atoms with Crippen LogP contribution in [-0.4, -0.2) is 25.9 Å². The van der Waals surface area contributed by atoms with Gasteiger partial charge in [-0.15, -0.1) is 0 Å². The summed E-state index contributed by atoms with van der Waals surface area (Å²) < 4.78 is 14.0. The van der Waals surface area contributed by atoms with Gasteiger partial charge in [-0.2, -0.15) is 10.2 Å². The summed E-state index contributed by atoms with van der Waals surface area (Å²) in [7, 11) is 1.70. The van der Waals surface area contributed by atoms with Gasteiger partial charge < -0.3 is 14.8 Å². The molecule has 0 radical (unpaired) electrons. The van der Waals surface area contributed by atoms with Crippen molar-refractivity contribution in [2.45, 2.75) is 26.3 Å². The van der Waals surface area contributed by atoms with E-state index >= 15 is 0 Å². The molecular weight excluding hydrogens is 372 g/mol. The molecule has 1 aliphatic carbocycles. The Morgan fingerprint density at radius 3 is 2.76 bits per heavy atom. The van der Waals surface area contributed by atoms with Gasteiger partial charge in [0, 0.05) is 30.8 Å². The number of fused-ring (bicyclic) bond motifs is 2. The van der Waals surface area contributed by atoms with Crippen molar-refractivity contribution in [3.63, 3.8) is 0 Å². The number of ether oxygens (including phenoxy) is 2. The number of benzene rings is 1. The van der Waals surface area contributed by atoms with Crippen LogP contribution in [-0.2, 0) is 7.05 Å². The highest BCUT2D eigenvalue weighted by molar-refractivity contribution is 5.74. The van der Waals surface area contributed by atoms with Crippen LogP contribution in [0, 0.1) is 18.3 Å². The highest BCUT2D eigenvalue weighted by atomic mass is 16.7. The van der Waals surface area contributed by atoms with E-state index in [1.807, 2.05) is 26.0 Å². The van der Waals surface area contributed by atoms with E-state index < -0.39 is 0 Å². The summed E-state index contributed by atoms with van der Waals surface area (Å²) in [5, 5.41) is 12.4. The van der Waals surface area contributed by atoms with Crippen LogP contribution in [0.3, 0.4) is 0 Å². The molecule has 0 spiro atoms. The summed E-state index contributed by atoms with van der Waals surface area (Å²) in [6, 6.07) is 5.77. The lowest BCUT2D eigenvalue weighted by molar-refractivity contribution is 0.174. The first-order chi connectivity index (χ1) is 14.0. The van der Waals surface area contributed by atoms with Gasteiger partial charge >= 0.3 is 5.69 Å². The molecule has 1 N–H and O–H groups in total. The van der Waals surface area contributed by atoms with Crippen LogP contribution in [0.1, 0.15) is 24.9 Å². The molecule has 5 rings (SSSR count). The summed E-state index contributed by atoms with van der Waals surface area (Å²) in [6.45, 7) is 4.04. The van der Waals surface area contributed by atoms with Gasteiger partial charge in [0.25, 0.3) is 0 Å². The zero-order valence-corrected chi connectivity index (χ0v) is 16.2. The third kappa shape index (κ3) is 2.49. The van der Waals surface area contributed by atoms with E-state index in [1.54, 1.807) is 17.8 Å². The van der Waals surface area contributed by atoms with Crippen molar-refractivity contribution in [1.29, 1.82) is 5.26 Å². The Morgan fingerprint density at radius 2 is 2.03 bits per heavy atom. The fraction of sp³-hybridized carbons (Fsp3) is 0.300. The third-order valence-electron chi connectivity index (χ3n) is 5.62. The van der Waals surface area contributed by atoms with Crippen LogP contribution in [0.2, 0.25) is 0 Å². The van der Waals surface area contributed by atoms with Crippen LogP contribution in [0.25, 0.3) is 11.2 Å². The van der Waals surface area contributed by atoms with Crippen molar-refractivity contribution < 1.29 is 9.47 Å².